The van der Waals surface area contributed by atoms with E-state index in [0.717, 1.165) is 12.0 Å². The van der Waals surface area contributed by atoms with E-state index in [9.17, 15) is 9.59 Å². The summed E-state index contributed by atoms with van der Waals surface area (Å²) in [5, 5.41) is 5.79. The summed E-state index contributed by atoms with van der Waals surface area (Å²) < 4.78 is 10.9. The number of hydrogen-bond acceptors (Lipinski definition) is 4. The number of rotatable bonds is 3. The van der Waals surface area contributed by atoms with Gasteiger partial charge in [-0.2, -0.15) is 0 Å². The Kier molecular flexibility index (Phi) is 4.89. The lowest BCUT2D eigenvalue weighted by Gasteiger charge is -2.33. The Labute approximate surface area is 141 Å². The third-order valence-corrected chi connectivity index (χ3v) is 4.36. The Bertz CT molecular complexity index is 634. The maximum Gasteiger partial charge on any atom is 0.318 e. The molecule has 7 nitrogen and oxygen atoms in total. The highest BCUT2D eigenvalue weighted by Gasteiger charge is 2.24. The molecule has 3 amide bonds. The third-order valence-electron chi connectivity index (χ3n) is 4.36. The number of carbonyl (C=O) groups excluding carboxylic acids is 2. The zero-order valence-corrected chi connectivity index (χ0v) is 14.0. The maximum absolute atomic E-state index is 12.4. The average molecular weight is 333 g/mol. The highest BCUT2D eigenvalue weighted by molar-refractivity contribution is 5.95. The van der Waals surface area contributed by atoms with Gasteiger partial charge in [0.05, 0.1) is 24.4 Å². The highest BCUT2D eigenvalue weighted by atomic mass is 16.5. The normalized spacial score (nSPS) is 21.3. The lowest BCUT2D eigenvalue weighted by atomic mass is 10.1. The molecule has 0 aromatic heterocycles. The van der Waals surface area contributed by atoms with Gasteiger partial charge in [-0.05, 0) is 31.0 Å². The van der Waals surface area contributed by atoms with E-state index in [1.165, 1.54) is 0 Å². The predicted molar refractivity (Wildman–Crippen MR) is 89.1 cm³/mol. The SMILES string of the molecule is CCC1CN(C(=O)NC(C)c2ccc3c(c2)NC(=O)CO3)CCO1. The van der Waals surface area contributed by atoms with Crippen molar-refractivity contribution in [2.75, 3.05) is 31.6 Å². The van der Waals surface area contributed by atoms with Crippen LogP contribution in [0.4, 0.5) is 10.5 Å². The summed E-state index contributed by atoms with van der Waals surface area (Å²) in [6, 6.07) is 5.28. The number of amides is 3. The number of nitrogens with zero attached hydrogens (tertiary/aromatic N) is 1. The third kappa shape index (κ3) is 3.62. The number of hydrogen-bond donors (Lipinski definition) is 2. The van der Waals surface area contributed by atoms with Crippen LogP contribution < -0.4 is 15.4 Å². The number of urea groups is 1. The summed E-state index contributed by atoms with van der Waals surface area (Å²) in [5.41, 5.74) is 1.55. The minimum Gasteiger partial charge on any atom is -0.482 e. The van der Waals surface area contributed by atoms with Gasteiger partial charge in [-0.1, -0.05) is 13.0 Å². The summed E-state index contributed by atoms with van der Waals surface area (Å²) in [7, 11) is 0. The molecule has 2 heterocycles. The smallest absolute Gasteiger partial charge is 0.318 e. The second-order valence-electron chi connectivity index (χ2n) is 6.11. The summed E-state index contributed by atoms with van der Waals surface area (Å²) in [6.07, 6.45) is 1.00. The Morgan fingerprint density at radius 1 is 1.50 bits per heavy atom. The van der Waals surface area contributed by atoms with Gasteiger partial charge in [0.15, 0.2) is 6.61 Å². The topological polar surface area (TPSA) is 79.9 Å². The molecule has 3 rings (SSSR count). The number of ether oxygens (including phenoxy) is 2. The number of carbonyl (C=O) groups is 2. The van der Waals surface area contributed by atoms with Crippen molar-refractivity contribution in [3.05, 3.63) is 23.8 Å². The lowest BCUT2D eigenvalue weighted by molar-refractivity contribution is -0.118. The van der Waals surface area contributed by atoms with E-state index in [-0.39, 0.29) is 30.7 Å². The van der Waals surface area contributed by atoms with Crippen LogP contribution in [0.15, 0.2) is 18.2 Å². The van der Waals surface area contributed by atoms with Crippen LogP contribution in [0.25, 0.3) is 0 Å². The Morgan fingerprint density at radius 3 is 3.12 bits per heavy atom. The molecule has 2 unspecified atom stereocenters. The Morgan fingerprint density at radius 2 is 2.33 bits per heavy atom. The minimum atomic E-state index is -0.176. The molecule has 130 valence electrons. The van der Waals surface area contributed by atoms with Crippen molar-refractivity contribution in [2.24, 2.45) is 0 Å². The fourth-order valence-corrected chi connectivity index (χ4v) is 2.88. The molecule has 2 aliphatic heterocycles. The number of fused-ring (bicyclic) bond motifs is 1. The minimum absolute atomic E-state index is 0.0360. The van der Waals surface area contributed by atoms with Crippen LogP contribution in [-0.4, -0.2) is 49.2 Å². The van der Waals surface area contributed by atoms with Gasteiger partial charge in [0.25, 0.3) is 5.91 Å². The van der Waals surface area contributed by atoms with Crippen molar-refractivity contribution in [1.82, 2.24) is 10.2 Å². The molecule has 0 spiro atoms. The molecule has 1 aromatic carbocycles. The number of benzene rings is 1. The van der Waals surface area contributed by atoms with Gasteiger partial charge in [-0.15, -0.1) is 0 Å². The zero-order chi connectivity index (χ0) is 17.1. The number of anilines is 1. The molecule has 1 saturated heterocycles. The summed E-state index contributed by atoms with van der Waals surface area (Å²) in [4.78, 5) is 25.7. The molecule has 2 atom stereocenters. The number of nitrogens with one attached hydrogen (secondary N) is 2. The first-order chi connectivity index (χ1) is 11.6. The predicted octanol–water partition coefficient (Wildman–Crippen LogP) is 1.90. The van der Waals surface area contributed by atoms with Crippen molar-refractivity contribution in [1.29, 1.82) is 0 Å². The first kappa shape index (κ1) is 16.6. The molecule has 2 aliphatic rings. The number of morpholine rings is 1. The second-order valence-corrected chi connectivity index (χ2v) is 6.11. The molecular weight excluding hydrogens is 310 g/mol. The van der Waals surface area contributed by atoms with Crippen LogP contribution in [0.1, 0.15) is 31.9 Å². The fourth-order valence-electron chi connectivity index (χ4n) is 2.88. The second kappa shape index (κ2) is 7.09. The van der Waals surface area contributed by atoms with Crippen LogP contribution in [0.5, 0.6) is 5.75 Å². The van der Waals surface area contributed by atoms with Crippen LogP contribution in [0.2, 0.25) is 0 Å². The quantitative estimate of drug-likeness (QED) is 0.885. The van der Waals surface area contributed by atoms with Crippen molar-refractivity contribution < 1.29 is 19.1 Å². The van der Waals surface area contributed by atoms with E-state index in [1.807, 2.05) is 25.1 Å². The maximum atomic E-state index is 12.4. The lowest BCUT2D eigenvalue weighted by Crippen LogP contribution is -2.49. The first-order valence-electron chi connectivity index (χ1n) is 8.30. The van der Waals surface area contributed by atoms with Crippen molar-refractivity contribution in [2.45, 2.75) is 32.4 Å². The van der Waals surface area contributed by atoms with Crippen LogP contribution in [0, 0.1) is 0 Å². The molecule has 24 heavy (non-hydrogen) atoms. The summed E-state index contributed by atoms with van der Waals surface area (Å²) in [6.45, 7) is 5.80. The summed E-state index contributed by atoms with van der Waals surface area (Å²) in [5.74, 6) is 0.478. The molecular formula is C17H23N3O4. The molecule has 1 aromatic rings. The van der Waals surface area contributed by atoms with Crippen LogP contribution >= 0.6 is 0 Å². The molecule has 7 heteroatoms. The van der Waals surface area contributed by atoms with E-state index in [0.29, 0.717) is 31.1 Å². The monoisotopic (exact) mass is 333 g/mol. The standard InChI is InChI=1S/C17H23N3O4/c1-3-13-9-20(6-7-23-13)17(22)18-11(2)12-4-5-15-14(8-12)19-16(21)10-24-15/h4-5,8,11,13H,3,6-7,9-10H2,1-2H3,(H,18,22)(H,19,21). The largest absolute Gasteiger partial charge is 0.482 e. The molecule has 1 fully saturated rings. The van der Waals surface area contributed by atoms with Gasteiger partial charge in [0.1, 0.15) is 5.75 Å². The van der Waals surface area contributed by atoms with Gasteiger partial charge in [-0.3, -0.25) is 4.79 Å². The van der Waals surface area contributed by atoms with Crippen LogP contribution in [-0.2, 0) is 9.53 Å². The highest BCUT2D eigenvalue weighted by Crippen LogP contribution is 2.30. The van der Waals surface area contributed by atoms with Gasteiger partial charge in [-0.25, -0.2) is 4.79 Å². The first-order valence-corrected chi connectivity index (χ1v) is 8.30. The summed E-state index contributed by atoms with van der Waals surface area (Å²) >= 11 is 0. The van der Waals surface area contributed by atoms with E-state index in [4.69, 9.17) is 9.47 Å². The molecule has 0 radical (unpaired) electrons. The zero-order valence-electron chi connectivity index (χ0n) is 14.0. The average Bonchev–Trinajstić information content (AvgIpc) is 2.61. The molecule has 0 saturated carbocycles. The van der Waals surface area contributed by atoms with Crippen molar-refractivity contribution >= 4 is 17.6 Å². The van der Waals surface area contributed by atoms with Gasteiger partial charge in [0.2, 0.25) is 0 Å². The molecule has 0 aliphatic carbocycles. The molecule has 2 N–H and O–H groups in total. The van der Waals surface area contributed by atoms with Crippen LogP contribution in [0.3, 0.4) is 0 Å². The Balaban J connectivity index is 1.64. The van der Waals surface area contributed by atoms with Gasteiger partial charge in [0, 0.05) is 13.1 Å². The van der Waals surface area contributed by atoms with E-state index < -0.39 is 0 Å². The Hall–Kier alpha value is -2.28. The molecule has 0 bridgehead atoms. The van der Waals surface area contributed by atoms with Gasteiger partial charge >= 0.3 is 6.03 Å². The van der Waals surface area contributed by atoms with Crippen molar-refractivity contribution in [3.63, 3.8) is 0 Å². The van der Waals surface area contributed by atoms with E-state index in [2.05, 4.69) is 17.6 Å². The van der Waals surface area contributed by atoms with E-state index in [1.54, 1.807) is 4.90 Å². The van der Waals surface area contributed by atoms with Gasteiger partial charge < -0.3 is 25.0 Å². The van der Waals surface area contributed by atoms with Crippen molar-refractivity contribution in [3.8, 4) is 5.75 Å². The van der Waals surface area contributed by atoms with E-state index >= 15 is 0 Å². The fraction of sp³-hybridized carbons (Fsp3) is 0.529.